The van der Waals surface area contributed by atoms with Crippen LogP contribution in [0.3, 0.4) is 0 Å². The van der Waals surface area contributed by atoms with E-state index in [0.29, 0.717) is 25.3 Å². The second-order valence-corrected chi connectivity index (χ2v) is 7.76. The number of benzene rings is 2. The lowest BCUT2D eigenvalue weighted by Crippen LogP contribution is -2.20. The van der Waals surface area contributed by atoms with Crippen molar-refractivity contribution in [3.63, 3.8) is 0 Å². The van der Waals surface area contributed by atoms with Gasteiger partial charge in [-0.15, -0.1) is 0 Å². The van der Waals surface area contributed by atoms with Crippen LogP contribution < -0.4 is 10.2 Å². The summed E-state index contributed by atoms with van der Waals surface area (Å²) in [5.74, 6) is 0.122. The molecule has 3 aromatic rings. The number of phenolic OH excluding ortho intramolecular Hbond substituents is 1. The van der Waals surface area contributed by atoms with Crippen molar-refractivity contribution in [3.05, 3.63) is 63.3 Å². The molecule has 6 nitrogen and oxygen atoms in total. The van der Waals surface area contributed by atoms with E-state index in [2.05, 4.69) is 22.4 Å². The van der Waals surface area contributed by atoms with Gasteiger partial charge in [0.25, 0.3) is 0 Å². The van der Waals surface area contributed by atoms with Crippen LogP contribution in [0, 0.1) is 0 Å². The largest absolute Gasteiger partial charge is 0.506 e. The molecule has 0 radical (unpaired) electrons. The maximum atomic E-state index is 11.5. The number of hydrogen-bond acceptors (Lipinski definition) is 6. The van der Waals surface area contributed by atoms with Gasteiger partial charge in [0.15, 0.2) is 0 Å². The Kier molecular flexibility index (Phi) is 8.70. The number of rotatable bonds is 13. The van der Waals surface area contributed by atoms with Crippen LogP contribution in [-0.2, 0) is 22.3 Å². The van der Waals surface area contributed by atoms with Gasteiger partial charge in [0.05, 0.1) is 24.5 Å². The van der Waals surface area contributed by atoms with Crippen LogP contribution in [0.4, 0.5) is 0 Å². The second kappa shape index (κ2) is 11.7. The highest BCUT2D eigenvalue weighted by molar-refractivity contribution is 7.16. The molecule has 7 heteroatoms. The quantitative estimate of drug-likeness (QED) is 0.373. The third-order valence-electron chi connectivity index (χ3n) is 4.60. The lowest BCUT2D eigenvalue weighted by Gasteiger charge is -2.08. The predicted molar refractivity (Wildman–Crippen MR) is 117 cm³/mol. The first-order valence-electron chi connectivity index (χ1n) is 9.98. The maximum absolute atomic E-state index is 11.5. The van der Waals surface area contributed by atoms with Gasteiger partial charge < -0.3 is 24.9 Å². The molecule has 0 bridgehead atoms. The Balaban J connectivity index is 1.19. The molecular formula is C22H28N2O4S. The fourth-order valence-electron chi connectivity index (χ4n) is 3.07. The maximum Gasteiger partial charge on any atom is 0.305 e. The summed E-state index contributed by atoms with van der Waals surface area (Å²) in [6.07, 6.45) is 2.67. The molecule has 29 heavy (non-hydrogen) atoms. The molecule has 0 fully saturated rings. The van der Waals surface area contributed by atoms with Crippen LogP contribution in [0.1, 0.15) is 17.5 Å². The van der Waals surface area contributed by atoms with Crippen LogP contribution in [0.25, 0.3) is 10.2 Å². The molecule has 0 aliphatic heterocycles. The molecule has 0 aliphatic rings. The zero-order valence-electron chi connectivity index (χ0n) is 16.5. The van der Waals surface area contributed by atoms with Gasteiger partial charge >= 0.3 is 4.87 Å². The van der Waals surface area contributed by atoms with E-state index in [-0.39, 0.29) is 10.6 Å². The first-order valence-corrected chi connectivity index (χ1v) is 10.8. The van der Waals surface area contributed by atoms with Gasteiger partial charge in [-0.25, -0.2) is 0 Å². The molecule has 0 saturated heterocycles. The average Bonchev–Trinajstić information content (AvgIpc) is 3.13. The number of aromatic nitrogens is 1. The van der Waals surface area contributed by atoms with E-state index in [1.807, 2.05) is 24.3 Å². The molecule has 1 aromatic heterocycles. The van der Waals surface area contributed by atoms with E-state index in [4.69, 9.17) is 9.47 Å². The Bertz CT molecular complexity index is 923. The van der Waals surface area contributed by atoms with E-state index in [9.17, 15) is 9.90 Å². The molecule has 0 atom stereocenters. The smallest absolute Gasteiger partial charge is 0.305 e. The number of nitrogens with one attached hydrogen (secondary N) is 2. The molecule has 156 valence electrons. The molecule has 3 N–H and O–H groups in total. The molecule has 0 unspecified atom stereocenters. The minimum atomic E-state index is -0.142. The minimum absolute atomic E-state index is 0.122. The zero-order valence-corrected chi connectivity index (χ0v) is 17.3. The van der Waals surface area contributed by atoms with Gasteiger partial charge in [-0.05, 0) is 49.5 Å². The molecular weight excluding hydrogens is 388 g/mol. The summed E-state index contributed by atoms with van der Waals surface area (Å²) < 4.78 is 12.0. The lowest BCUT2D eigenvalue weighted by atomic mass is 10.1. The zero-order chi connectivity index (χ0) is 20.3. The van der Waals surface area contributed by atoms with E-state index in [1.165, 1.54) is 5.56 Å². The van der Waals surface area contributed by atoms with Gasteiger partial charge in [0, 0.05) is 6.61 Å². The van der Waals surface area contributed by atoms with Crippen LogP contribution >= 0.6 is 11.3 Å². The number of aromatic amines is 1. The monoisotopic (exact) mass is 416 g/mol. The van der Waals surface area contributed by atoms with Crippen LogP contribution in [0.15, 0.2) is 47.3 Å². The molecule has 2 aromatic carbocycles. The molecule has 3 rings (SSSR count). The Hall–Kier alpha value is -2.19. The Labute approximate surface area is 174 Å². The highest BCUT2D eigenvalue weighted by Crippen LogP contribution is 2.27. The van der Waals surface area contributed by atoms with Gasteiger partial charge in [0.1, 0.15) is 11.3 Å². The van der Waals surface area contributed by atoms with Crippen molar-refractivity contribution in [1.29, 1.82) is 0 Å². The van der Waals surface area contributed by atoms with E-state index < -0.39 is 0 Å². The van der Waals surface area contributed by atoms with Crippen molar-refractivity contribution < 1.29 is 14.6 Å². The summed E-state index contributed by atoms with van der Waals surface area (Å²) in [6.45, 7) is 4.35. The van der Waals surface area contributed by atoms with Crippen molar-refractivity contribution in [2.75, 3.05) is 39.5 Å². The van der Waals surface area contributed by atoms with Crippen molar-refractivity contribution >= 4 is 21.6 Å². The van der Waals surface area contributed by atoms with Crippen LogP contribution in [0.2, 0.25) is 0 Å². The summed E-state index contributed by atoms with van der Waals surface area (Å²) in [5, 5.41) is 13.2. The van der Waals surface area contributed by atoms with Gasteiger partial charge in [-0.2, -0.15) is 0 Å². The highest BCUT2D eigenvalue weighted by atomic mass is 32.1. The van der Waals surface area contributed by atoms with E-state index >= 15 is 0 Å². The highest BCUT2D eigenvalue weighted by Gasteiger charge is 2.09. The van der Waals surface area contributed by atoms with Gasteiger partial charge in [0.2, 0.25) is 0 Å². The molecule has 0 aliphatic carbocycles. The number of fused-ring (bicyclic) bond motifs is 1. The molecule has 0 saturated carbocycles. The van der Waals surface area contributed by atoms with Crippen LogP contribution in [-0.4, -0.2) is 49.6 Å². The number of thiazole rings is 1. The first kappa shape index (κ1) is 21.5. The first-order chi connectivity index (χ1) is 14.2. The summed E-state index contributed by atoms with van der Waals surface area (Å²) in [5.41, 5.74) is 2.90. The lowest BCUT2D eigenvalue weighted by molar-refractivity contribution is 0.0481. The molecule has 0 spiro atoms. The molecule has 1 heterocycles. The number of H-pyrrole nitrogens is 1. The van der Waals surface area contributed by atoms with Gasteiger partial charge in [-0.1, -0.05) is 47.7 Å². The summed E-state index contributed by atoms with van der Waals surface area (Å²) >= 11 is 1.14. The Morgan fingerprint density at radius 3 is 2.55 bits per heavy atom. The molecule has 0 amide bonds. The average molecular weight is 417 g/mol. The SMILES string of the molecule is O=c1[nH]c2c(O)ccc(CCNCCCOCCOCCc3ccccc3)c2s1. The standard InChI is InChI=1S/C22H28N2O4S/c25-19-8-7-18(21-20(19)24-22(26)29-21)9-12-23-11-4-13-27-15-16-28-14-10-17-5-2-1-3-6-17/h1-3,5-8,23,25H,4,9-16H2,(H,24,26). The van der Waals surface area contributed by atoms with Crippen molar-refractivity contribution in [3.8, 4) is 5.75 Å². The number of phenols is 1. The van der Waals surface area contributed by atoms with Gasteiger partial charge in [-0.3, -0.25) is 4.79 Å². The number of hydrogen-bond donors (Lipinski definition) is 3. The topological polar surface area (TPSA) is 83.6 Å². The summed E-state index contributed by atoms with van der Waals surface area (Å²) in [6, 6.07) is 13.8. The second-order valence-electron chi connectivity index (χ2n) is 6.78. The summed E-state index contributed by atoms with van der Waals surface area (Å²) in [7, 11) is 0. The normalized spacial score (nSPS) is 11.3. The van der Waals surface area contributed by atoms with Crippen molar-refractivity contribution in [2.24, 2.45) is 0 Å². The van der Waals surface area contributed by atoms with Crippen molar-refractivity contribution in [1.82, 2.24) is 10.3 Å². The van der Waals surface area contributed by atoms with Crippen LogP contribution in [0.5, 0.6) is 5.75 Å². The third kappa shape index (κ3) is 6.97. The number of aromatic hydroxyl groups is 1. The third-order valence-corrected chi connectivity index (χ3v) is 5.56. The van der Waals surface area contributed by atoms with E-state index in [0.717, 1.165) is 60.6 Å². The number of ether oxygens (including phenoxy) is 2. The minimum Gasteiger partial charge on any atom is -0.506 e. The van der Waals surface area contributed by atoms with Crippen molar-refractivity contribution in [2.45, 2.75) is 19.3 Å². The Morgan fingerprint density at radius 1 is 0.931 bits per heavy atom. The fraction of sp³-hybridized carbons (Fsp3) is 0.409. The Morgan fingerprint density at radius 2 is 1.72 bits per heavy atom. The fourth-order valence-corrected chi connectivity index (χ4v) is 3.97. The summed E-state index contributed by atoms with van der Waals surface area (Å²) in [4.78, 5) is 14.1. The predicted octanol–water partition coefficient (Wildman–Crippen LogP) is 3.09. The van der Waals surface area contributed by atoms with E-state index in [1.54, 1.807) is 6.07 Å².